The second-order valence-electron chi connectivity index (χ2n) is 4.83. The normalized spacial score (nSPS) is 20.5. The number of nitrogens with zero attached hydrogens (tertiary/aromatic N) is 2. The van der Waals surface area contributed by atoms with Gasteiger partial charge in [-0.05, 0) is 36.7 Å². The van der Waals surface area contributed by atoms with Crippen molar-refractivity contribution >= 4 is 28.9 Å². The van der Waals surface area contributed by atoms with Crippen molar-refractivity contribution in [2.45, 2.75) is 12.8 Å². The van der Waals surface area contributed by atoms with Crippen LogP contribution in [0.5, 0.6) is 5.75 Å². The van der Waals surface area contributed by atoms with Gasteiger partial charge in [0.1, 0.15) is 5.75 Å². The van der Waals surface area contributed by atoms with Gasteiger partial charge in [-0.3, -0.25) is 4.79 Å². The first kappa shape index (κ1) is 14.1. The van der Waals surface area contributed by atoms with E-state index in [0.717, 1.165) is 32.0 Å². The van der Waals surface area contributed by atoms with Crippen molar-refractivity contribution in [2.24, 2.45) is 4.99 Å². The van der Waals surface area contributed by atoms with Crippen LogP contribution in [0.3, 0.4) is 0 Å². The Balaban J connectivity index is 1.85. The zero-order valence-electron chi connectivity index (χ0n) is 11.0. The summed E-state index contributed by atoms with van der Waals surface area (Å²) in [5.41, 5.74) is 0.0580. The molecule has 0 unspecified atom stereocenters. The molecule has 1 amide bonds. The number of rotatable bonds is 1. The van der Waals surface area contributed by atoms with E-state index >= 15 is 0 Å². The number of carbonyl (C=O) groups is 1. The minimum Gasteiger partial charge on any atom is -0.507 e. The third kappa shape index (κ3) is 2.78. The van der Waals surface area contributed by atoms with E-state index in [0.29, 0.717) is 16.1 Å². The molecular weight excluding hydrogens is 298 g/mol. The van der Waals surface area contributed by atoms with Crippen molar-refractivity contribution in [3.63, 3.8) is 0 Å². The number of carbonyl (C=O) groups excluding carboxylic acids is 1. The van der Waals surface area contributed by atoms with E-state index in [1.54, 1.807) is 0 Å². The predicted molar refractivity (Wildman–Crippen MR) is 76.8 cm³/mol. The summed E-state index contributed by atoms with van der Waals surface area (Å²) in [5, 5.41) is 10.3. The lowest BCUT2D eigenvalue weighted by atomic mass is 10.1. The number of aromatic hydroxyl groups is 1. The predicted octanol–water partition coefficient (Wildman–Crippen LogP) is 2.74. The van der Waals surface area contributed by atoms with E-state index in [2.05, 4.69) is 4.99 Å². The molecule has 0 aromatic heterocycles. The first-order valence-corrected chi connectivity index (χ1v) is 7.32. The van der Waals surface area contributed by atoms with Gasteiger partial charge in [0.05, 0.1) is 4.91 Å². The fraction of sp³-hybridized carbons (Fsp3) is 0.286. The number of phenols is 1. The van der Waals surface area contributed by atoms with E-state index in [4.69, 9.17) is 0 Å². The van der Waals surface area contributed by atoms with Crippen LogP contribution in [0.15, 0.2) is 22.0 Å². The number of amidine groups is 1. The molecule has 2 aliphatic rings. The van der Waals surface area contributed by atoms with Crippen LogP contribution < -0.4 is 0 Å². The monoisotopic (exact) mass is 310 g/mol. The van der Waals surface area contributed by atoms with Crippen molar-refractivity contribution in [1.82, 2.24) is 4.90 Å². The molecule has 0 aliphatic carbocycles. The minimum atomic E-state index is -1.13. The lowest BCUT2D eigenvalue weighted by molar-refractivity contribution is -0.113. The summed E-state index contributed by atoms with van der Waals surface area (Å²) in [4.78, 5) is 18.1. The van der Waals surface area contributed by atoms with Gasteiger partial charge in [-0.2, -0.15) is 4.99 Å². The molecule has 2 aliphatic heterocycles. The quantitative estimate of drug-likeness (QED) is 0.810. The standard InChI is InChI=1S/C14H12F2N2O2S/c15-9-5-8(11(19)7-10(9)16)6-12-13(20)17-14(21-12)18-3-1-2-4-18/h5-7,19H,1-4H2/b12-6-. The minimum absolute atomic E-state index is 0.0580. The fourth-order valence-corrected chi connectivity index (χ4v) is 3.21. The molecule has 0 saturated carbocycles. The van der Waals surface area contributed by atoms with E-state index in [-0.39, 0.29) is 5.56 Å². The Labute approximate surface area is 124 Å². The zero-order chi connectivity index (χ0) is 15.0. The van der Waals surface area contributed by atoms with Crippen LogP contribution in [0.2, 0.25) is 0 Å². The third-order valence-electron chi connectivity index (χ3n) is 3.34. The van der Waals surface area contributed by atoms with Gasteiger partial charge in [0, 0.05) is 24.7 Å². The Kier molecular flexibility index (Phi) is 3.67. The maximum Gasteiger partial charge on any atom is 0.286 e. The molecule has 7 heteroatoms. The Bertz CT molecular complexity index is 667. The highest BCUT2D eigenvalue weighted by Crippen LogP contribution is 2.33. The topological polar surface area (TPSA) is 52.9 Å². The summed E-state index contributed by atoms with van der Waals surface area (Å²) in [6.07, 6.45) is 3.46. The number of amides is 1. The summed E-state index contributed by atoms with van der Waals surface area (Å²) >= 11 is 1.19. The highest BCUT2D eigenvalue weighted by molar-refractivity contribution is 8.18. The van der Waals surface area contributed by atoms with Crippen molar-refractivity contribution in [1.29, 1.82) is 0 Å². The van der Waals surface area contributed by atoms with Crippen LogP contribution in [0.4, 0.5) is 8.78 Å². The third-order valence-corrected chi connectivity index (χ3v) is 4.39. The summed E-state index contributed by atoms with van der Waals surface area (Å²) in [6.45, 7) is 1.73. The summed E-state index contributed by atoms with van der Waals surface area (Å²) in [7, 11) is 0. The number of halogens is 2. The second kappa shape index (κ2) is 5.48. The van der Waals surface area contributed by atoms with Gasteiger partial charge >= 0.3 is 0 Å². The lowest BCUT2D eigenvalue weighted by Gasteiger charge is -2.14. The van der Waals surface area contributed by atoms with Gasteiger partial charge in [0.2, 0.25) is 0 Å². The van der Waals surface area contributed by atoms with Gasteiger partial charge < -0.3 is 10.0 Å². The molecule has 1 aromatic carbocycles. The van der Waals surface area contributed by atoms with Crippen molar-refractivity contribution < 1.29 is 18.7 Å². The van der Waals surface area contributed by atoms with Gasteiger partial charge in [-0.25, -0.2) is 8.78 Å². The molecule has 2 heterocycles. The van der Waals surface area contributed by atoms with Gasteiger partial charge in [-0.1, -0.05) is 0 Å². The summed E-state index contributed by atoms with van der Waals surface area (Å²) in [6, 6.07) is 1.55. The molecule has 0 spiro atoms. The molecule has 110 valence electrons. The molecular formula is C14H12F2N2O2S. The molecule has 0 radical (unpaired) electrons. The zero-order valence-corrected chi connectivity index (χ0v) is 11.8. The number of benzene rings is 1. The molecule has 0 atom stereocenters. The first-order valence-electron chi connectivity index (χ1n) is 6.50. The van der Waals surface area contributed by atoms with Gasteiger partial charge in [0.15, 0.2) is 16.8 Å². The smallest absolute Gasteiger partial charge is 0.286 e. The maximum atomic E-state index is 13.2. The first-order chi connectivity index (χ1) is 10.0. The molecule has 1 aromatic rings. The average Bonchev–Trinajstić information content (AvgIpc) is 3.06. The number of hydrogen-bond acceptors (Lipinski definition) is 4. The summed E-state index contributed by atoms with van der Waals surface area (Å²) < 4.78 is 26.2. The van der Waals surface area contributed by atoms with E-state index in [1.165, 1.54) is 17.8 Å². The van der Waals surface area contributed by atoms with Crippen LogP contribution in [-0.4, -0.2) is 34.2 Å². The molecule has 1 saturated heterocycles. The molecule has 1 fully saturated rings. The van der Waals surface area contributed by atoms with Gasteiger partial charge in [-0.15, -0.1) is 0 Å². The van der Waals surface area contributed by atoms with Crippen molar-refractivity contribution in [3.8, 4) is 5.75 Å². The maximum absolute atomic E-state index is 13.2. The molecule has 3 rings (SSSR count). The molecule has 1 N–H and O–H groups in total. The Morgan fingerprint density at radius 3 is 2.62 bits per heavy atom. The number of thioether (sulfide) groups is 1. The lowest BCUT2D eigenvalue weighted by Crippen LogP contribution is -2.23. The number of likely N-dealkylation sites (tertiary alicyclic amines) is 1. The van der Waals surface area contributed by atoms with E-state index < -0.39 is 23.3 Å². The Morgan fingerprint density at radius 2 is 1.90 bits per heavy atom. The average molecular weight is 310 g/mol. The van der Waals surface area contributed by atoms with Crippen LogP contribution in [0, 0.1) is 11.6 Å². The SMILES string of the molecule is O=C1N=C(N2CCCC2)S/C1=C\c1cc(F)c(F)cc1O. The number of hydrogen-bond donors (Lipinski definition) is 1. The van der Waals surface area contributed by atoms with Crippen molar-refractivity contribution in [2.75, 3.05) is 13.1 Å². The summed E-state index contributed by atoms with van der Waals surface area (Å²) in [5.74, 6) is -3.04. The van der Waals surface area contributed by atoms with Crippen LogP contribution in [0.1, 0.15) is 18.4 Å². The number of aliphatic imine (C=N–C) groups is 1. The highest BCUT2D eigenvalue weighted by Gasteiger charge is 2.27. The largest absolute Gasteiger partial charge is 0.507 e. The van der Waals surface area contributed by atoms with E-state index in [9.17, 15) is 18.7 Å². The molecule has 4 nitrogen and oxygen atoms in total. The van der Waals surface area contributed by atoms with Gasteiger partial charge in [0.25, 0.3) is 5.91 Å². The number of phenolic OH excluding ortho intramolecular Hbond substituents is 1. The highest BCUT2D eigenvalue weighted by atomic mass is 32.2. The van der Waals surface area contributed by atoms with Crippen LogP contribution >= 0.6 is 11.8 Å². The van der Waals surface area contributed by atoms with Crippen molar-refractivity contribution in [3.05, 3.63) is 34.2 Å². The second-order valence-corrected chi connectivity index (χ2v) is 5.84. The Morgan fingerprint density at radius 1 is 1.24 bits per heavy atom. The van der Waals surface area contributed by atoms with Crippen LogP contribution in [0.25, 0.3) is 6.08 Å². The Hall–Kier alpha value is -1.89. The van der Waals surface area contributed by atoms with Crippen LogP contribution in [-0.2, 0) is 4.79 Å². The van der Waals surface area contributed by atoms with E-state index in [1.807, 2.05) is 4.90 Å². The molecule has 0 bridgehead atoms. The molecule has 21 heavy (non-hydrogen) atoms. The fourth-order valence-electron chi connectivity index (χ4n) is 2.25.